The van der Waals surface area contributed by atoms with E-state index in [-0.39, 0.29) is 73.4 Å². The second-order valence-electron chi connectivity index (χ2n) is 4.26. The Bertz CT molecular complexity index is 404. The molecule has 0 aliphatic rings. The smallest absolute Gasteiger partial charge is 0.242 e. The molecule has 0 aromatic carbocycles. The number of rotatable bonds is 11. The number of hydrogen-bond donors (Lipinski definition) is 3. The fourth-order valence-electron chi connectivity index (χ4n) is 1.45. The summed E-state index contributed by atoms with van der Waals surface area (Å²) >= 11 is 13.7. The highest BCUT2D eigenvalue weighted by molar-refractivity contribution is 9.09. The van der Waals surface area contributed by atoms with Crippen LogP contribution in [-0.2, 0) is 19.2 Å². The van der Waals surface area contributed by atoms with Crippen molar-refractivity contribution < 1.29 is 19.2 Å². The van der Waals surface area contributed by atoms with Crippen LogP contribution in [0.25, 0.3) is 0 Å². The largest absolute Gasteiger partial charge is 0.353 e. The monoisotopic (exact) mass is 432 g/mol. The molecule has 132 valence electrons. The molecule has 11 heteroatoms. The predicted molar refractivity (Wildman–Crippen MR) is 90.8 cm³/mol. The van der Waals surface area contributed by atoms with Gasteiger partial charge in [-0.15, -0.1) is 23.2 Å². The Morgan fingerprint density at radius 1 is 0.826 bits per heavy atom. The molecule has 0 heterocycles. The maximum Gasteiger partial charge on any atom is 0.242 e. The molecular weight excluding hydrogens is 415 g/mol. The average Bonchev–Trinajstić information content (AvgIpc) is 2.57. The molecule has 0 radical (unpaired) electrons. The number of amides is 4. The van der Waals surface area contributed by atoms with Gasteiger partial charge in [-0.05, 0) is 0 Å². The maximum atomic E-state index is 12.1. The third-order valence-electron chi connectivity index (χ3n) is 2.56. The fourth-order valence-corrected chi connectivity index (χ4v) is 1.84. The zero-order valence-corrected chi connectivity index (χ0v) is 15.5. The summed E-state index contributed by atoms with van der Waals surface area (Å²) in [4.78, 5) is 46.8. The molecule has 0 bridgehead atoms. The van der Waals surface area contributed by atoms with Crippen LogP contribution >= 0.6 is 39.1 Å². The lowest BCUT2D eigenvalue weighted by Crippen LogP contribution is -2.46. The number of hydrogen-bond acceptors (Lipinski definition) is 4. The van der Waals surface area contributed by atoms with Gasteiger partial charge in [-0.3, -0.25) is 19.2 Å². The quantitative estimate of drug-likeness (QED) is 0.364. The summed E-state index contributed by atoms with van der Waals surface area (Å²) in [5.74, 6) is -1.67. The summed E-state index contributed by atoms with van der Waals surface area (Å²) in [6, 6.07) is 0. The zero-order valence-electron chi connectivity index (χ0n) is 12.4. The van der Waals surface area contributed by atoms with Crippen molar-refractivity contribution in [3.8, 4) is 0 Å². The summed E-state index contributed by atoms with van der Waals surface area (Å²) in [5, 5.41) is 7.61. The van der Waals surface area contributed by atoms with Crippen LogP contribution in [0.4, 0.5) is 0 Å². The molecule has 0 aromatic rings. The van der Waals surface area contributed by atoms with Crippen molar-refractivity contribution in [1.82, 2.24) is 20.9 Å². The van der Waals surface area contributed by atoms with E-state index in [2.05, 4.69) is 31.9 Å². The minimum absolute atomic E-state index is 0.0951. The summed E-state index contributed by atoms with van der Waals surface area (Å²) in [6.07, 6.45) is 0. The minimum atomic E-state index is -0.345. The van der Waals surface area contributed by atoms with Crippen molar-refractivity contribution in [3.05, 3.63) is 0 Å². The molecule has 0 unspecified atom stereocenters. The first-order valence-corrected chi connectivity index (χ1v) is 8.89. The lowest BCUT2D eigenvalue weighted by molar-refractivity contribution is -0.132. The van der Waals surface area contributed by atoms with Crippen LogP contribution in [0.1, 0.15) is 0 Å². The molecule has 0 aliphatic heterocycles. The van der Waals surface area contributed by atoms with Crippen LogP contribution in [-0.4, -0.2) is 78.3 Å². The molecular formula is C12H19BrCl2N4O4. The first-order valence-electron chi connectivity index (χ1n) is 6.70. The Kier molecular flexibility index (Phi) is 12.8. The molecule has 0 aliphatic carbocycles. The second kappa shape index (κ2) is 13.4. The Hall–Kier alpha value is -1.06. The molecule has 0 saturated heterocycles. The van der Waals surface area contributed by atoms with E-state index in [9.17, 15) is 19.2 Å². The number of halogens is 3. The van der Waals surface area contributed by atoms with E-state index in [0.29, 0.717) is 0 Å². The van der Waals surface area contributed by atoms with E-state index >= 15 is 0 Å². The van der Waals surface area contributed by atoms with Crippen molar-refractivity contribution in [2.24, 2.45) is 0 Å². The van der Waals surface area contributed by atoms with Gasteiger partial charge >= 0.3 is 0 Å². The van der Waals surface area contributed by atoms with E-state index in [1.165, 1.54) is 4.90 Å². The van der Waals surface area contributed by atoms with Gasteiger partial charge in [0.15, 0.2) is 0 Å². The van der Waals surface area contributed by atoms with E-state index in [4.69, 9.17) is 23.2 Å². The summed E-state index contributed by atoms with van der Waals surface area (Å²) in [6.45, 7) is 0.711. The van der Waals surface area contributed by atoms with E-state index in [1.807, 2.05) is 0 Å². The molecule has 0 atom stereocenters. The van der Waals surface area contributed by atoms with Gasteiger partial charge in [0.25, 0.3) is 0 Å². The Balaban J connectivity index is 4.39. The number of nitrogens with one attached hydrogen (secondary N) is 3. The molecule has 8 nitrogen and oxygen atoms in total. The van der Waals surface area contributed by atoms with Gasteiger partial charge in [-0.1, -0.05) is 15.9 Å². The van der Waals surface area contributed by atoms with Gasteiger partial charge < -0.3 is 20.9 Å². The standard InChI is InChI=1S/C12H19BrCl2N4O4/c13-5-9(20)18-8-12(23)19(3-1-16-10(21)6-14)4-2-17-11(22)7-15/h1-8H2,(H,16,21)(H,17,22)(H,18,20). The molecule has 4 amide bonds. The van der Waals surface area contributed by atoms with Gasteiger partial charge in [-0.2, -0.15) is 0 Å². The molecule has 0 saturated carbocycles. The average molecular weight is 434 g/mol. The number of nitrogens with zero attached hydrogens (tertiary/aromatic N) is 1. The van der Waals surface area contributed by atoms with Crippen LogP contribution in [0.5, 0.6) is 0 Å². The molecule has 0 spiro atoms. The van der Waals surface area contributed by atoms with Gasteiger partial charge in [0.05, 0.1) is 11.9 Å². The van der Waals surface area contributed by atoms with E-state index in [0.717, 1.165) is 0 Å². The van der Waals surface area contributed by atoms with Gasteiger partial charge in [0, 0.05) is 26.2 Å². The Labute approximate surface area is 152 Å². The first kappa shape index (κ1) is 21.9. The second-order valence-corrected chi connectivity index (χ2v) is 5.35. The van der Waals surface area contributed by atoms with Crippen molar-refractivity contribution in [2.75, 3.05) is 49.8 Å². The van der Waals surface area contributed by atoms with Crippen LogP contribution < -0.4 is 16.0 Å². The van der Waals surface area contributed by atoms with E-state index in [1.54, 1.807) is 0 Å². The van der Waals surface area contributed by atoms with Crippen LogP contribution in [0.2, 0.25) is 0 Å². The highest BCUT2D eigenvalue weighted by Crippen LogP contribution is 1.90. The van der Waals surface area contributed by atoms with Crippen molar-refractivity contribution in [3.63, 3.8) is 0 Å². The summed E-state index contributed by atoms with van der Waals surface area (Å²) in [5.41, 5.74) is 0. The molecule has 0 rings (SSSR count). The normalized spacial score (nSPS) is 9.87. The third-order valence-corrected chi connectivity index (χ3v) is 3.56. The highest BCUT2D eigenvalue weighted by Gasteiger charge is 2.14. The zero-order chi connectivity index (χ0) is 17.7. The SMILES string of the molecule is O=C(CCl)NCCN(CCNC(=O)CCl)C(=O)CNC(=O)CBr. The lowest BCUT2D eigenvalue weighted by Gasteiger charge is -2.23. The molecule has 3 N–H and O–H groups in total. The fraction of sp³-hybridized carbons (Fsp3) is 0.667. The number of alkyl halides is 3. The summed E-state index contributed by atoms with van der Waals surface area (Å²) in [7, 11) is 0. The van der Waals surface area contributed by atoms with Crippen molar-refractivity contribution in [2.45, 2.75) is 0 Å². The lowest BCUT2D eigenvalue weighted by atomic mass is 10.4. The Morgan fingerprint density at radius 3 is 1.70 bits per heavy atom. The van der Waals surface area contributed by atoms with Gasteiger partial charge in [0.1, 0.15) is 11.8 Å². The summed E-state index contributed by atoms with van der Waals surface area (Å²) < 4.78 is 0. The topological polar surface area (TPSA) is 108 Å². The van der Waals surface area contributed by atoms with Crippen LogP contribution in [0, 0.1) is 0 Å². The van der Waals surface area contributed by atoms with Crippen molar-refractivity contribution >= 4 is 62.8 Å². The first-order chi connectivity index (χ1) is 10.9. The minimum Gasteiger partial charge on any atom is -0.353 e. The Morgan fingerprint density at radius 2 is 1.30 bits per heavy atom. The number of carbonyl (C=O) groups excluding carboxylic acids is 4. The van der Waals surface area contributed by atoms with E-state index < -0.39 is 0 Å². The molecule has 23 heavy (non-hydrogen) atoms. The molecule has 0 fully saturated rings. The van der Waals surface area contributed by atoms with Gasteiger partial charge in [-0.25, -0.2) is 0 Å². The maximum absolute atomic E-state index is 12.1. The molecule has 0 aromatic heterocycles. The highest BCUT2D eigenvalue weighted by atomic mass is 79.9. The number of carbonyl (C=O) groups is 4. The van der Waals surface area contributed by atoms with Gasteiger partial charge in [0.2, 0.25) is 23.6 Å². The third kappa shape index (κ3) is 11.2. The van der Waals surface area contributed by atoms with Crippen LogP contribution in [0.3, 0.4) is 0 Å². The van der Waals surface area contributed by atoms with Crippen LogP contribution in [0.15, 0.2) is 0 Å². The predicted octanol–water partition coefficient (Wildman–Crippen LogP) is -0.964. The van der Waals surface area contributed by atoms with Crippen molar-refractivity contribution in [1.29, 1.82) is 0 Å².